The van der Waals surface area contributed by atoms with E-state index in [2.05, 4.69) is 5.32 Å². The molecule has 3 aromatic rings. The first-order chi connectivity index (χ1) is 15.5. The Labute approximate surface area is 187 Å². The summed E-state index contributed by atoms with van der Waals surface area (Å²) in [6.07, 6.45) is -4.17. The zero-order chi connectivity index (χ0) is 24.0. The molecule has 0 saturated carbocycles. The van der Waals surface area contributed by atoms with Crippen LogP contribution in [0.4, 0.5) is 13.2 Å². The normalized spacial score (nSPS) is 14.7. The van der Waals surface area contributed by atoms with Gasteiger partial charge in [0.2, 0.25) is 0 Å². The van der Waals surface area contributed by atoms with Gasteiger partial charge in [0.1, 0.15) is 5.56 Å². The molecule has 4 rings (SSSR count). The molecule has 0 fully saturated rings. The Morgan fingerprint density at radius 3 is 2.58 bits per heavy atom. The van der Waals surface area contributed by atoms with E-state index in [1.807, 2.05) is 0 Å². The van der Waals surface area contributed by atoms with Crippen LogP contribution in [0.25, 0.3) is 5.69 Å². The highest BCUT2D eigenvalue weighted by molar-refractivity contribution is 7.91. The summed E-state index contributed by atoms with van der Waals surface area (Å²) in [5, 5.41) is 2.62. The molecule has 172 valence electrons. The molecule has 0 radical (unpaired) electrons. The van der Waals surface area contributed by atoms with E-state index in [4.69, 9.17) is 0 Å². The fraction of sp³-hybridized carbons (Fsp3) is 0.217. The third-order valence-corrected chi connectivity index (χ3v) is 7.32. The van der Waals surface area contributed by atoms with Gasteiger partial charge < -0.3 is 5.32 Å². The van der Waals surface area contributed by atoms with Crippen LogP contribution in [0.15, 0.2) is 64.3 Å². The summed E-state index contributed by atoms with van der Waals surface area (Å²) < 4.78 is 64.2. The number of nitrogens with one attached hydrogen (secondary N) is 1. The predicted octanol–water partition coefficient (Wildman–Crippen LogP) is 3.42. The van der Waals surface area contributed by atoms with E-state index in [0.29, 0.717) is 28.1 Å². The lowest BCUT2D eigenvalue weighted by atomic mass is 10.1. The molecule has 2 aromatic carbocycles. The number of hydrogen-bond donors (Lipinski definition) is 1. The second-order valence-corrected chi connectivity index (χ2v) is 9.85. The lowest BCUT2D eigenvalue weighted by molar-refractivity contribution is -0.137. The van der Waals surface area contributed by atoms with Crippen LogP contribution < -0.4 is 10.9 Å². The Hall–Kier alpha value is -3.40. The highest BCUT2D eigenvalue weighted by Gasteiger charge is 2.31. The van der Waals surface area contributed by atoms with Crippen LogP contribution in [0, 0.1) is 6.92 Å². The van der Waals surface area contributed by atoms with Gasteiger partial charge in [0.25, 0.3) is 11.5 Å². The molecule has 0 bridgehead atoms. The fourth-order valence-electron chi connectivity index (χ4n) is 3.82. The fourth-order valence-corrected chi connectivity index (χ4v) is 5.36. The van der Waals surface area contributed by atoms with Gasteiger partial charge in [-0.1, -0.05) is 18.2 Å². The number of hydrogen-bond acceptors (Lipinski definition) is 4. The summed E-state index contributed by atoms with van der Waals surface area (Å²) in [4.78, 5) is 26.0. The SMILES string of the molecule is Cc1ccc(C(=O)NCc2ccc3c(c2)CCS3(=O)=O)c(=O)n1-c1cccc(C(F)(F)F)c1. The maximum Gasteiger partial charge on any atom is 0.416 e. The molecule has 1 N–H and O–H groups in total. The van der Waals surface area contributed by atoms with Crippen molar-refractivity contribution in [2.24, 2.45) is 0 Å². The average Bonchev–Trinajstić information content (AvgIpc) is 3.06. The van der Waals surface area contributed by atoms with Crippen LogP contribution in [0.2, 0.25) is 0 Å². The monoisotopic (exact) mass is 476 g/mol. The van der Waals surface area contributed by atoms with E-state index >= 15 is 0 Å². The van der Waals surface area contributed by atoms with Crippen molar-refractivity contribution in [3.8, 4) is 5.69 Å². The smallest absolute Gasteiger partial charge is 0.348 e. The van der Waals surface area contributed by atoms with Gasteiger partial charge in [0, 0.05) is 17.9 Å². The number of halogens is 3. The molecule has 0 spiro atoms. The largest absolute Gasteiger partial charge is 0.416 e. The van der Waals surface area contributed by atoms with Crippen molar-refractivity contribution in [2.45, 2.75) is 31.0 Å². The summed E-state index contributed by atoms with van der Waals surface area (Å²) in [6.45, 7) is 1.62. The van der Waals surface area contributed by atoms with Crippen molar-refractivity contribution in [3.63, 3.8) is 0 Å². The van der Waals surface area contributed by atoms with E-state index in [0.717, 1.165) is 16.7 Å². The van der Waals surface area contributed by atoms with Crippen LogP contribution >= 0.6 is 0 Å². The first-order valence-electron chi connectivity index (χ1n) is 10.0. The van der Waals surface area contributed by atoms with Gasteiger partial charge in [-0.25, -0.2) is 8.42 Å². The predicted molar refractivity (Wildman–Crippen MR) is 115 cm³/mol. The quantitative estimate of drug-likeness (QED) is 0.625. The maximum absolute atomic E-state index is 13.1. The van der Waals surface area contributed by atoms with Crippen molar-refractivity contribution in [1.29, 1.82) is 0 Å². The second-order valence-electron chi connectivity index (χ2n) is 7.77. The molecule has 1 aliphatic heterocycles. The molecule has 1 aliphatic rings. The first kappa shape index (κ1) is 22.8. The molecule has 0 saturated heterocycles. The van der Waals surface area contributed by atoms with E-state index in [-0.39, 0.29) is 23.5 Å². The minimum absolute atomic E-state index is 0.00167. The number of carbonyl (C=O) groups is 1. The summed E-state index contributed by atoms with van der Waals surface area (Å²) >= 11 is 0. The average molecular weight is 476 g/mol. The van der Waals surface area contributed by atoms with Gasteiger partial charge in [-0.2, -0.15) is 13.2 Å². The lowest BCUT2D eigenvalue weighted by Crippen LogP contribution is -2.33. The van der Waals surface area contributed by atoms with Crippen LogP contribution in [0.5, 0.6) is 0 Å². The minimum atomic E-state index is -4.57. The van der Waals surface area contributed by atoms with E-state index < -0.39 is 33.0 Å². The van der Waals surface area contributed by atoms with Crippen molar-refractivity contribution < 1.29 is 26.4 Å². The van der Waals surface area contributed by atoms with E-state index in [1.54, 1.807) is 19.1 Å². The summed E-state index contributed by atoms with van der Waals surface area (Å²) in [7, 11) is -3.25. The van der Waals surface area contributed by atoms with Crippen molar-refractivity contribution in [2.75, 3.05) is 5.75 Å². The number of alkyl halides is 3. The minimum Gasteiger partial charge on any atom is -0.348 e. The zero-order valence-electron chi connectivity index (χ0n) is 17.4. The molecule has 1 amide bonds. The molecule has 10 heteroatoms. The summed E-state index contributed by atoms with van der Waals surface area (Å²) in [6, 6.07) is 11.9. The van der Waals surface area contributed by atoms with Gasteiger partial charge in [-0.3, -0.25) is 14.2 Å². The van der Waals surface area contributed by atoms with Crippen molar-refractivity contribution in [3.05, 3.63) is 92.9 Å². The Morgan fingerprint density at radius 2 is 1.85 bits per heavy atom. The Kier molecular flexibility index (Phi) is 5.65. The summed E-state index contributed by atoms with van der Waals surface area (Å²) in [5.41, 5.74) is -0.139. The number of rotatable bonds is 4. The maximum atomic E-state index is 13.1. The van der Waals surface area contributed by atoms with E-state index in [9.17, 15) is 31.2 Å². The Balaban J connectivity index is 1.60. The number of fused-ring (bicyclic) bond motifs is 1. The van der Waals surface area contributed by atoms with Gasteiger partial charge in [-0.05, 0) is 60.9 Å². The number of nitrogens with zero attached hydrogens (tertiary/aromatic N) is 1. The van der Waals surface area contributed by atoms with Gasteiger partial charge >= 0.3 is 6.18 Å². The van der Waals surface area contributed by atoms with Crippen LogP contribution in [0.3, 0.4) is 0 Å². The molecule has 1 aromatic heterocycles. The van der Waals surface area contributed by atoms with Gasteiger partial charge in [0.05, 0.1) is 16.2 Å². The Morgan fingerprint density at radius 1 is 1.09 bits per heavy atom. The molecule has 33 heavy (non-hydrogen) atoms. The Bertz CT molecular complexity index is 1430. The number of pyridine rings is 1. The third-order valence-electron chi connectivity index (χ3n) is 5.51. The number of aryl methyl sites for hydroxylation is 2. The number of benzene rings is 2. The third kappa shape index (κ3) is 4.43. The number of carbonyl (C=O) groups excluding carboxylic acids is 1. The van der Waals surface area contributed by atoms with Crippen LogP contribution in [-0.4, -0.2) is 24.6 Å². The number of sulfone groups is 1. The molecular formula is C23H19F3N2O4S. The lowest BCUT2D eigenvalue weighted by Gasteiger charge is -2.14. The van der Waals surface area contributed by atoms with Gasteiger partial charge in [-0.15, -0.1) is 0 Å². The molecule has 6 nitrogen and oxygen atoms in total. The molecule has 2 heterocycles. The summed E-state index contributed by atoms with van der Waals surface area (Å²) in [5.74, 6) is -0.634. The standard InChI is InChI=1S/C23H19F3N2O4S/c1-14-5-7-19(22(30)28(14)18-4-2-3-17(12-18)23(24,25)26)21(29)27-13-15-6-8-20-16(11-15)9-10-33(20,31)32/h2-8,11-12H,9-10,13H2,1H3,(H,27,29). The zero-order valence-corrected chi connectivity index (χ0v) is 18.3. The van der Waals surface area contributed by atoms with Gasteiger partial charge in [0.15, 0.2) is 9.84 Å². The highest BCUT2D eigenvalue weighted by Crippen LogP contribution is 2.30. The van der Waals surface area contributed by atoms with Crippen LogP contribution in [-0.2, 0) is 29.0 Å². The molecule has 0 aliphatic carbocycles. The molecule has 0 atom stereocenters. The van der Waals surface area contributed by atoms with Crippen molar-refractivity contribution >= 4 is 15.7 Å². The second kappa shape index (κ2) is 8.18. The molecule has 0 unspecified atom stereocenters. The van der Waals surface area contributed by atoms with Crippen molar-refractivity contribution in [1.82, 2.24) is 9.88 Å². The molecular weight excluding hydrogens is 457 g/mol. The number of aromatic nitrogens is 1. The first-order valence-corrected chi connectivity index (χ1v) is 11.7. The van der Waals surface area contributed by atoms with E-state index in [1.165, 1.54) is 30.3 Å². The number of amides is 1. The van der Waals surface area contributed by atoms with Crippen LogP contribution in [0.1, 0.15) is 32.7 Å². The highest BCUT2D eigenvalue weighted by atomic mass is 32.2. The topological polar surface area (TPSA) is 85.2 Å².